The Kier molecular flexibility index (Phi) is 8.91. The van der Waals surface area contributed by atoms with E-state index in [1.807, 2.05) is 6.92 Å². The van der Waals surface area contributed by atoms with Gasteiger partial charge in [0.05, 0.1) is 17.5 Å². The first-order chi connectivity index (χ1) is 16.2. The number of rotatable bonds is 8. The molecule has 1 heterocycles. The van der Waals surface area contributed by atoms with Gasteiger partial charge in [-0.1, -0.05) is 26.0 Å². The minimum absolute atomic E-state index is 0.00290. The smallest absolute Gasteiger partial charge is 0.328 e. The van der Waals surface area contributed by atoms with Gasteiger partial charge in [-0.3, -0.25) is 4.79 Å². The van der Waals surface area contributed by atoms with Crippen molar-refractivity contribution in [3.05, 3.63) is 29.8 Å². The molecule has 1 aromatic rings. The fourth-order valence-corrected chi connectivity index (χ4v) is 5.60. The number of benzene rings is 1. The number of amides is 3. The van der Waals surface area contributed by atoms with Crippen LogP contribution in [0.5, 0.6) is 0 Å². The minimum atomic E-state index is -3.99. The molecule has 2 aliphatic rings. The van der Waals surface area contributed by atoms with Crippen molar-refractivity contribution in [1.29, 1.82) is 5.26 Å². The van der Waals surface area contributed by atoms with Crippen LogP contribution in [0.3, 0.4) is 0 Å². The molecule has 0 bridgehead atoms. The average Bonchev–Trinajstić information content (AvgIpc) is 3.30. The van der Waals surface area contributed by atoms with Gasteiger partial charge in [0.2, 0.25) is 5.91 Å². The first-order valence-electron chi connectivity index (χ1n) is 12.1. The van der Waals surface area contributed by atoms with Crippen LogP contribution in [0.4, 0.5) is 4.79 Å². The molecule has 9 nitrogen and oxygen atoms in total. The molecule has 3 rings (SSSR count). The van der Waals surface area contributed by atoms with Gasteiger partial charge in [-0.25, -0.2) is 17.9 Å². The van der Waals surface area contributed by atoms with Crippen molar-refractivity contribution >= 4 is 22.0 Å². The Hall–Kier alpha value is -2.64. The highest BCUT2D eigenvalue weighted by molar-refractivity contribution is 7.90. The highest BCUT2D eigenvalue weighted by atomic mass is 32.2. The molecule has 10 heteroatoms. The Labute approximate surface area is 202 Å². The number of carbonyl (C=O) groups is 2. The number of likely N-dealkylation sites (tertiary alicyclic amines) is 1. The van der Waals surface area contributed by atoms with Gasteiger partial charge in [0.1, 0.15) is 6.04 Å². The zero-order valence-electron chi connectivity index (χ0n) is 19.9. The van der Waals surface area contributed by atoms with Gasteiger partial charge in [0.25, 0.3) is 10.0 Å². The third-order valence-electron chi connectivity index (χ3n) is 6.80. The summed E-state index contributed by atoms with van der Waals surface area (Å²) in [5.74, 6) is 0.530. The van der Waals surface area contributed by atoms with Crippen LogP contribution < -0.4 is 15.4 Å². The fourth-order valence-electron chi connectivity index (χ4n) is 4.69. The number of carbonyl (C=O) groups excluding carboxylic acids is 2. The van der Waals surface area contributed by atoms with Gasteiger partial charge in [-0.2, -0.15) is 5.26 Å². The second-order valence-electron chi connectivity index (χ2n) is 9.32. The second-order valence-corrected chi connectivity index (χ2v) is 11.0. The van der Waals surface area contributed by atoms with Gasteiger partial charge in [0.15, 0.2) is 0 Å². The third-order valence-corrected chi connectivity index (χ3v) is 8.15. The zero-order chi connectivity index (χ0) is 24.7. The molecule has 186 valence electrons. The summed E-state index contributed by atoms with van der Waals surface area (Å²) in [4.78, 5) is 26.4. The number of hydrogen-bond donors (Lipinski definition) is 3. The summed E-state index contributed by atoms with van der Waals surface area (Å²) < 4.78 is 27.4. The van der Waals surface area contributed by atoms with Crippen LogP contribution >= 0.6 is 0 Å². The topological polar surface area (TPSA) is 131 Å². The number of nitrogens with one attached hydrogen (secondary N) is 3. The van der Waals surface area contributed by atoms with E-state index in [0.717, 1.165) is 37.7 Å². The van der Waals surface area contributed by atoms with Crippen LogP contribution in [-0.2, 0) is 14.8 Å². The monoisotopic (exact) mass is 489 g/mol. The lowest BCUT2D eigenvalue weighted by Crippen LogP contribution is -2.45. The molecule has 3 amide bonds. The van der Waals surface area contributed by atoms with Crippen molar-refractivity contribution in [1.82, 2.24) is 20.3 Å². The van der Waals surface area contributed by atoms with Crippen molar-refractivity contribution in [2.24, 2.45) is 5.92 Å². The molecular weight excluding hydrogens is 454 g/mol. The maximum atomic E-state index is 12.6. The van der Waals surface area contributed by atoms with E-state index >= 15 is 0 Å². The van der Waals surface area contributed by atoms with Gasteiger partial charge in [-0.05, 0) is 68.6 Å². The summed E-state index contributed by atoms with van der Waals surface area (Å²) >= 11 is 0. The van der Waals surface area contributed by atoms with E-state index in [0.29, 0.717) is 25.3 Å². The molecule has 0 aromatic heterocycles. The molecule has 0 radical (unpaired) electrons. The summed E-state index contributed by atoms with van der Waals surface area (Å²) in [7, 11) is -3.99. The second kappa shape index (κ2) is 11.7. The molecule has 1 saturated heterocycles. The number of urea groups is 1. The standard InChI is InChI=1S/C24H35N5O4S/c1-3-22(26-16-23(30)29-14-4-5-20(29)15-25)18-8-12-21(13-9-18)34(32,33)28-24(31)27-19-10-6-17(2)7-11-19/h8-9,12-13,17,19-20,22,26H,3-7,10-11,14,16H2,1-2H3,(H2,27,28,31)/t17?,19?,20-,22?/m0/s1. The molecule has 3 N–H and O–H groups in total. The largest absolute Gasteiger partial charge is 0.335 e. The maximum absolute atomic E-state index is 12.6. The molecule has 0 spiro atoms. The summed E-state index contributed by atoms with van der Waals surface area (Å²) in [5, 5.41) is 15.2. The molecule has 1 aromatic carbocycles. The van der Waals surface area contributed by atoms with Gasteiger partial charge >= 0.3 is 6.03 Å². The van der Waals surface area contributed by atoms with Crippen LogP contribution in [-0.4, -0.2) is 50.4 Å². The van der Waals surface area contributed by atoms with E-state index in [4.69, 9.17) is 0 Å². The third kappa shape index (κ3) is 6.70. The van der Waals surface area contributed by atoms with Crippen molar-refractivity contribution in [2.75, 3.05) is 13.1 Å². The molecule has 1 saturated carbocycles. The lowest BCUT2D eigenvalue weighted by Gasteiger charge is -2.26. The number of nitriles is 1. The SMILES string of the molecule is CCC(NCC(=O)N1CCC[C@H]1C#N)c1ccc(S(=O)(=O)NC(=O)NC2CCC(C)CC2)cc1. The number of sulfonamides is 1. The predicted octanol–water partition coefficient (Wildman–Crippen LogP) is 2.81. The normalized spacial score (nSPS) is 23.7. The Bertz CT molecular complexity index is 997. The summed E-state index contributed by atoms with van der Waals surface area (Å²) in [5.41, 5.74) is 0.841. The summed E-state index contributed by atoms with van der Waals surface area (Å²) in [6.45, 7) is 4.86. The Morgan fingerprint density at radius 2 is 1.82 bits per heavy atom. The van der Waals surface area contributed by atoms with Crippen molar-refractivity contribution in [2.45, 2.75) is 81.8 Å². The van der Waals surface area contributed by atoms with E-state index in [1.54, 1.807) is 17.0 Å². The quantitative estimate of drug-likeness (QED) is 0.515. The highest BCUT2D eigenvalue weighted by Crippen LogP contribution is 2.24. The van der Waals surface area contributed by atoms with E-state index in [2.05, 4.69) is 28.3 Å². The Morgan fingerprint density at radius 3 is 2.44 bits per heavy atom. The number of nitrogens with zero attached hydrogens (tertiary/aromatic N) is 2. The van der Waals surface area contributed by atoms with Crippen LogP contribution in [0.2, 0.25) is 0 Å². The first kappa shape index (κ1) is 26.0. The van der Waals surface area contributed by atoms with Crippen molar-refractivity contribution < 1.29 is 18.0 Å². The number of hydrogen-bond acceptors (Lipinski definition) is 6. The molecule has 34 heavy (non-hydrogen) atoms. The van der Waals surface area contributed by atoms with Gasteiger partial charge in [-0.15, -0.1) is 0 Å². The van der Waals surface area contributed by atoms with E-state index in [1.165, 1.54) is 12.1 Å². The van der Waals surface area contributed by atoms with E-state index in [9.17, 15) is 23.3 Å². The maximum Gasteiger partial charge on any atom is 0.328 e. The zero-order valence-corrected chi connectivity index (χ0v) is 20.7. The highest BCUT2D eigenvalue weighted by Gasteiger charge is 2.28. The lowest BCUT2D eigenvalue weighted by molar-refractivity contribution is -0.130. The Morgan fingerprint density at radius 1 is 1.15 bits per heavy atom. The van der Waals surface area contributed by atoms with Crippen molar-refractivity contribution in [3.8, 4) is 6.07 Å². The average molecular weight is 490 g/mol. The summed E-state index contributed by atoms with van der Waals surface area (Å²) in [6.07, 6.45) is 5.99. The molecule has 1 unspecified atom stereocenters. The molecule has 1 aliphatic carbocycles. The van der Waals surface area contributed by atoms with Crippen LogP contribution in [0.1, 0.15) is 70.4 Å². The Balaban J connectivity index is 1.55. The van der Waals surface area contributed by atoms with Crippen LogP contribution in [0, 0.1) is 17.2 Å². The van der Waals surface area contributed by atoms with Gasteiger partial charge in [0, 0.05) is 18.6 Å². The fraction of sp³-hybridized carbons (Fsp3) is 0.625. The van der Waals surface area contributed by atoms with Crippen LogP contribution in [0.15, 0.2) is 29.2 Å². The first-order valence-corrected chi connectivity index (χ1v) is 13.6. The van der Waals surface area contributed by atoms with E-state index in [-0.39, 0.29) is 35.5 Å². The molecular formula is C24H35N5O4S. The predicted molar refractivity (Wildman–Crippen MR) is 128 cm³/mol. The van der Waals surface area contributed by atoms with Crippen molar-refractivity contribution in [3.63, 3.8) is 0 Å². The molecule has 2 atom stereocenters. The van der Waals surface area contributed by atoms with E-state index < -0.39 is 16.1 Å². The lowest BCUT2D eigenvalue weighted by atomic mass is 9.87. The summed E-state index contributed by atoms with van der Waals surface area (Å²) in [6, 6.07) is 7.27. The molecule has 1 aliphatic heterocycles. The van der Waals surface area contributed by atoms with Gasteiger partial charge < -0.3 is 15.5 Å². The minimum Gasteiger partial charge on any atom is -0.335 e. The van der Waals surface area contributed by atoms with Crippen LogP contribution in [0.25, 0.3) is 0 Å². The molecule has 2 fully saturated rings.